The second-order valence-corrected chi connectivity index (χ2v) is 7.21. The van der Waals surface area contributed by atoms with Crippen LogP contribution in [0.15, 0.2) is 36.4 Å². The SMILES string of the molecule is NC(=O)Nc1cc(-c2ccccc2)sc1C(=O)OC1CCCN(C(N)=O)C1. The Morgan fingerprint density at radius 1 is 1.19 bits per heavy atom. The Kier molecular flexibility index (Phi) is 5.60. The number of rotatable bonds is 4. The maximum absolute atomic E-state index is 12.7. The van der Waals surface area contributed by atoms with Gasteiger partial charge in [-0.3, -0.25) is 0 Å². The summed E-state index contributed by atoms with van der Waals surface area (Å²) in [5, 5.41) is 2.47. The number of anilines is 1. The molecule has 27 heavy (non-hydrogen) atoms. The van der Waals surface area contributed by atoms with Gasteiger partial charge >= 0.3 is 18.0 Å². The fourth-order valence-electron chi connectivity index (χ4n) is 2.95. The maximum atomic E-state index is 12.7. The number of nitrogens with two attached hydrogens (primary N) is 2. The number of urea groups is 2. The van der Waals surface area contributed by atoms with Gasteiger partial charge in [-0.2, -0.15) is 0 Å². The van der Waals surface area contributed by atoms with Crippen molar-refractivity contribution < 1.29 is 19.1 Å². The van der Waals surface area contributed by atoms with E-state index in [9.17, 15) is 14.4 Å². The largest absolute Gasteiger partial charge is 0.456 e. The number of carbonyl (C=O) groups excluding carboxylic acids is 3. The van der Waals surface area contributed by atoms with Gasteiger partial charge in [0.2, 0.25) is 0 Å². The van der Waals surface area contributed by atoms with E-state index in [0.717, 1.165) is 10.4 Å². The van der Waals surface area contributed by atoms with Gasteiger partial charge in [-0.1, -0.05) is 30.3 Å². The number of thiophene rings is 1. The number of esters is 1. The summed E-state index contributed by atoms with van der Waals surface area (Å²) >= 11 is 1.21. The number of piperidine rings is 1. The van der Waals surface area contributed by atoms with Crippen molar-refractivity contribution in [2.75, 3.05) is 18.4 Å². The fourth-order valence-corrected chi connectivity index (χ4v) is 3.95. The number of primary amides is 2. The minimum atomic E-state index is -0.765. The summed E-state index contributed by atoms with van der Waals surface area (Å²) in [6, 6.07) is 9.86. The van der Waals surface area contributed by atoms with E-state index in [1.54, 1.807) is 6.07 Å². The average molecular weight is 388 g/mol. The van der Waals surface area contributed by atoms with E-state index >= 15 is 0 Å². The van der Waals surface area contributed by atoms with Crippen molar-refractivity contribution in [1.29, 1.82) is 0 Å². The van der Waals surface area contributed by atoms with Gasteiger partial charge < -0.3 is 26.4 Å². The smallest absolute Gasteiger partial charge is 0.350 e. The van der Waals surface area contributed by atoms with Crippen LogP contribution in [0.3, 0.4) is 0 Å². The summed E-state index contributed by atoms with van der Waals surface area (Å²) in [6.45, 7) is 0.811. The zero-order valence-electron chi connectivity index (χ0n) is 14.5. The van der Waals surface area contributed by atoms with E-state index in [2.05, 4.69) is 5.32 Å². The van der Waals surface area contributed by atoms with E-state index in [-0.39, 0.29) is 11.4 Å². The molecule has 4 amide bonds. The van der Waals surface area contributed by atoms with Gasteiger partial charge in [-0.25, -0.2) is 14.4 Å². The fraction of sp³-hybridized carbons (Fsp3) is 0.278. The van der Waals surface area contributed by atoms with Crippen LogP contribution in [-0.2, 0) is 4.74 Å². The second-order valence-electron chi connectivity index (χ2n) is 6.16. The molecule has 1 fully saturated rings. The molecule has 142 valence electrons. The number of amides is 4. The molecule has 1 aliphatic rings. The van der Waals surface area contributed by atoms with Crippen molar-refractivity contribution in [1.82, 2.24) is 4.90 Å². The van der Waals surface area contributed by atoms with Crippen molar-refractivity contribution >= 4 is 35.1 Å². The Labute approximate surface area is 160 Å². The predicted molar refractivity (Wildman–Crippen MR) is 103 cm³/mol. The zero-order chi connectivity index (χ0) is 19.4. The molecule has 2 aromatic rings. The first kappa shape index (κ1) is 18.7. The molecule has 0 radical (unpaired) electrons. The normalized spacial score (nSPS) is 16.6. The van der Waals surface area contributed by atoms with Gasteiger partial charge in [0.25, 0.3) is 0 Å². The van der Waals surface area contributed by atoms with Crippen LogP contribution in [0, 0.1) is 0 Å². The molecule has 1 aromatic carbocycles. The van der Waals surface area contributed by atoms with E-state index in [0.29, 0.717) is 25.1 Å². The lowest BCUT2D eigenvalue weighted by molar-refractivity contribution is 0.0134. The number of nitrogens with zero attached hydrogens (tertiary/aromatic N) is 1. The molecule has 9 heteroatoms. The Morgan fingerprint density at radius 3 is 2.59 bits per heavy atom. The molecule has 1 aliphatic heterocycles. The molecule has 1 unspecified atom stereocenters. The third-order valence-electron chi connectivity index (χ3n) is 4.20. The number of ether oxygens (including phenoxy) is 1. The lowest BCUT2D eigenvalue weighted by Gasteiger charge is -2.31. The Bertz CT molecular complexity index is 852. The average Bonchev–Trinajstić information content (AvgIpc) is 3.06. The molecule has 0 aliphatic carbocycles. The third-order valence-corrected chi connectivity index (χ3v) is 5.36. The van der Waals surface area contributed by atoms with Gasteiger partial charge in [0.05, 0.1) is 12.2 Å². The lowest BCUT2D eigenvalue weighted by atomic mass is 10.1. The first-order chi connectivity index (χ1) is 12.9. The topological polar surface area (TPSA) is 128 Å². The minimum absolute atomic E-state index is 0.254. The van der Waals surface area contributed by atoms with Crippen LogP contribution >= 0.6 is 11.3 Å². The summed E-state index contributed by atoms with van der Waals surface area (Å²) in [5.41, 5.74) is 11.7. The quantitative estimate of drug-likeness (QED) is 0.696. The predicted octanol–water partition coefficient (Wildman–Crippen LogP) is 2.61. The van der Waals surface area contributed by atoms with Crippen molar-refractivity contribution in [3.63, 3.8) is 0 Å². The molecule has 1 atom stereocenters. The molecule has 1 aromatic heterocycles. The summed E-state index contributed by atoms with van der Waals surface area (Å²) in [7, 11) is 0. The maximum Gasteiger partial charge on any atom is 0.350 e. The number of hydrogen-bond acceptors (Lipinski definition) is 5. The number of likely N-dealkylation sites (tertiary alicyclic amines) is 1. The number of nitrogens with one attached hydrogen (secondary N) is 1. The summed E-state index contributed by atoms with van der Waals surface area (Å²) in [4.78, 5) is 37.8. The molecular formula is C18H20N4O4S. The number of hydrogen-bond donors (Lipinski definition) is 3. The van der Waals surface area contributed by atoms with Crippen LogP contribution in [0.1, 0.15) is 22.5 Å². The van der Waals surface area contributed by atoms with Crippen molar-refractivity contribution in [2.24, 2.45) is 11.5 Å². The molecule has 8 nitrogen and oxygen atoms in total. The molecule has 0 saturated carbocycles. The molecule has 3 rings (SSSR count). The molecule has 1 saturated heterocycles. The third kappa shape index (κ3) is 4.56. The van der Waals surface area contributed by atoms with E-state index in [4.69, 9.17) is 16.2 Å². The highest BCUT2D eigenvalue weighted by Gasteiger charge is 2.27. The summed E-state index contributed by atoms with van der Waals surface area (Å²) in [5.74, 6) is -0.567. The van der Waals surface area contributed by atoms with E-state index in [1.807, 2.05) is 30.3 Å². The van der Waals surface area contributed by atoms with Gasteiger partial charge in [0.1, 0.15) is 11.0 Å². The highest BCUT2D eigenvalue weighted by molar-refractivity contribution is 7.18. The monoisotopic (exact) mass is 388 g/mol. The first-order valence-electron chi connectivity index (χ1n) is 8.45. The van der Waals surface area contributed by atoms with E-state index in [1.165, 1.54) is 16.2 Å². The van der Waals surface area contributed by atoms with Crippen LogP contribution < -0.4 is 16.8 Å². The molecule has 5 N–H and O–H groups in total. The Hall–Kier alpha value is -3.07. The highest BCUT2D eigenvalue weighted by atomic mass is 32.1. The standard InChI is InChI=1S/C18H20N4O4S/c19-17(24)21-13-9-14(11-5-2-1-3-6-11)27-15(13)16(23)26-12-7-4-8-22(10-12)18(20)25/h1-3,5-6,9,12H,4,7-8,10H2,(H2,20,25)(H3,19,21,24). The van der Waals surface area contributed by atoms with E-state index < -0.39 is 24.1 Å². The van der Waals surface area contributed by atoms with Crippen LogP contribution in [0.25, 0.3) is 10.4 Å². The van der Waals surface area contributed by atoms with Gasteiger partial charge in [-0.15, -0.1) is 11.3 Å². The molecule has 0 bridgehead atoms. The lowest BCUT2D eigenvalue weighted by Crippen LogP contribution is -2.46. The summed E-state index contributed by atoms with van der Waals surface area (Å²) in [6.07, 6.45) is 0.903. The Morgan fingerprint density at radius 2 is 1.93 bits per heavy atom. The van der Waals surface area contributed by atoms with Crippen molar-refractivity contribution in [3.8, 4) is 10.4 Å². The zero-order valence-corrected chi connectivity index (χ0v) is 15.3. The number of carbonyl (C=O) groups is 3. The van der Waals surface area contributed by atoms with Gasteiger partial charge in [0.15, 0.2) is 0 Å². The van der Waals surface area contributed by atoms with Crippen LogP contribution in [0.4, 0.5) is 15.3 Å². The Balaban J connectivity index is 1.81. The van der Waals surface area contributed by atoms with Gasteiger partial charge in [-0.05, 0) is 24.5 Å². The van der Waals surface area contributed by atoms with Crippen molar-refractivity contribution in [3.05, 3.63) is 41.3 Å². The first-order valence-corrected chi connectivity index (χ1v) is 9.26. The van der Waals surface area contributed by atoms with Gasteiger partial charge in [0, 0.05) is 11.4 Å². The summed E-state index contributed by atoms with van der Waals surface area (Å²) < 4.78 is 5.56. The van der Waals surface area contributed by atoms with Crippen LogP contribution in [-0.4, -0.2) is 42.1 Å². The van der Waals surface area contributed by atoms with Crippen molar-refractivity contribution in [2.45, 2.75) is 18.9 Å². The van der Waals surface area contributed by atoms with Crippen LogP contribution in [0.2, 0.25) is 0 Å². The molecular weight excluding hydrogens is 368 g/mol. The second kappa shape index (κ2) is 8.09. The molecule has 0 spiro atoms. The molecule has 2 heterocycles. The minimum Gasteiger partial charge on any atom is -0.456 e. The highest BCUT2D eigenvalue weighted by Crippen LogP contribution is 2.35. The number of benzene rings is 1. The van der Waals surface area contributed by atoms with Crippen LogP contribution in [0.5, 0.6) is 0 Å².